The van der Waals surface area contributed by atoms with Gasteiger partial charge in [0.15, 0.2) is 0 Å². The minimum absolute atomic E-state index is 0.0557. The molecule has 19 heavy (non-hydrogen) atoms. The molecular weight excluding hydrogens is 330 g/mol. The van der Waals surface area contributed by atoms with Crippen LogP contribution in [0.25, 0.3) is 0 Å². The molecule has 1 unspecified atom stereocenters. The van der Waals surface area contributed by atoms with Crippen LogP contribution in [0.2, 0.25) is 0 Å². The molecule has 7 heteroatoms. The Kier molecular flexibility index (Phi) is 4.59. The van der Waals surface area contributed by atoms with E-state index in [2.05, 4.69) is 21.2 Å². The first-order valence-corrected chi connectivity index (χ1v) is 7.69. The highest BCUT2D eigenvalue weighted by molar-refractivity contribution is 9.11. The van der Waals surface area contributed by atoms with Crippen LogP contribution < -0.4 is 11.1 Å². The first-order chi connectivity index (χ1) is 8.97. The summed E-state index contributed by atoms with van der Waals surface area (Å²) >= 11 is 4.65. The van der Waals surface area contributed by atoms with E-state index < -0.39 is 6.04 Å². The summed E-state index contributed by atoms with van der Waals surface area (Å²) in [5, 5.41) is 2.72. The predicted octanol–water partition coefficient (Wildman–Crippen LogP) is 1.19. The van der Waals surface area contributed by atoms with Gasteiger partial charge >= 0.3 is 0 Å². The van der Waals surface area contributed by atoms with E-state index in [0.29, 0.717) is 18.0 Å². The second-order valence-electron chi connectivity index (χ2n) is 4.63. The highest BCUT2D eigenvalue weighted by atomic mass is 79.9. The molecule has 0 aliphatic carbocycles. The van der Waals surface area contributed by atoms with Gasteiger partial charge in [0.2, 0.25) is 5.91 Å². The maximum atomic E-state index is 12.1. The number of amides is 2. The standard InChI is InChI=1S/C12H16BrN3O2S/c1-7(12(18)16-5-4-8(14)6-16)15-11(17)9-2-3-10(13)19-9/h2-3,7-8H,4-6,14H2,1H3,(H,15,17)/t7?,8-/m1/s1. The van der Waals surface area contributed by atoms with Gasteiger partial charge in [-0.1, -0.05) is 0 Å². The second-order valence-corrected chi connectivity index (χ2v) is 7.09. The van der Waals surface area contributed by atoms with Crippen LogP contribution in [0.3, 0.4) is 0 Å². The van der Waals surface area contributed by atoms with E-state index in [1.165, 1.54) is 11.3 Å². The molecule has 1 aliphatic rings. The quantitative estimate of drug-likeness (QED) is 0.863. The summed E-state index contributed by atoms with van der Waals surface area (Å²) in [4.78, 5) is 26.3. The number of nitrogens with two attached hydrogens (primary N) is 1. The van der Waals surface area contributed by atoms with Gasteiger partial charge in [0.25, 0.3) is 5.91 Å². The minimum Gasteiger partial charge on any atom is -0.340 e. The van der Waals surface area contributed by atoms with Crippen LogP contribution in [-0.2, 0) is 4.79 Å². The molecule has 5 nitrogen and oxygen atoms in total. The summed E-state index contributed by atoms with van der Waals surface area (Å²) in [6.07, 6.45) is 0.824. The molecule has 2 amide bonds. The fourth-order valence-corrected chi connectivity index (χ4v) is 3.32. The van der Waals surface area contributed by atoms with E-state index in [1.54, 1.807) is 17.9 Å². The molecule has 0 spiro atoms. The average Bonchev–Trinajstić information content (AvgIpc) is 2.97. The maximum absolute atomic E-state index is 12.1. The number of carbonyl (C=O) groups is 2. The summed E-state index contributed by atoms with van der Waals surface area (Å²) in [7, 11) is 0. The van der Waals surface area contributed by atoms with Crippen molar-refractivity contribution in [3.63, 3.8) is 0 Å². The van der Waals surface area contributed by atoms with E-state index in [9.17, 15) is 9.59 Å². The van der Waals surface area contributed by atoms with E-state index in [1.807, 2.05) is 6.07 Å². The molecule has 2 heterocycles. The van der Waals surface area contributed by atoms with Crippen molar-refractivity contribution in [3.8, 4) is 0 Å². The van der Waals surface area contributed by atoms with Crippen molar-refractivity contribution in [2.45, 2.75) is 25.4 Å². The van der Waals surface area contributed by atoms with E-state index in [4.69, 9.17) is 5.73 Å². The van der Waals surface area contributed by atoms with Crippen molar-refractivity contribution in [1.29, 1.82) is 0 Å². The lowest BCUT2D eigenvalue weighted by Gasteiger charge is -2.21. The maximum Gasteiger partial charge on any atom is 0.262 e. The zero-order chi connectivity index (χ0) is 14.0. The number of hydrogen-bond donors (Lipinski definition) is 2. The zero-order valence-corrected chi connectivity index (χ0v) is 13.0. The summed E-state index contributed by atoms with van der Waals surface area (Å²) < 4.78 is 0.891. The number of rotatable bonds is 3. The van der Waals surface area contributed by atoms with Gasteiger partial charge in [0, 0.05) is 19.1 Å². The molecule has 2 rings (SSSR count). The van der Waals surface area contributed by atoms with E-state index in [-0.39, 0.29) is 17.9 Å². The topological polar surface area (TPSA) is 75.4 Å². The van der Waals surface area contributed by atoms with Crippen molar-refractivity contribution in [3.05, 3.63) is 20.8 Å². The molecule has 1 aromatic rings. The lowest BCUT2D eigenvalue weighted by molar-refractivity contribution is -0.131. The number of thiophene rings is 1. The van der Waals surface area contributed by atoms with Gasteiger partial charge in [0.05, 0.1) is 8.66 Å². The minimum atomic E-state index is -0.529. The van der Waals surface area contributed by atoms with Gasteiger partial charge in [0.1, 0.15) is 6.04 Å². The summed E-state index contributed by atoms with van der Waals surface area (Å²) in [5.41, 5.74) is 5.77. The number of halogens is 1. The van der Waals surface area contributed by atoms with Crippen LogP contribution in [0.15, 0.2) is 15.9 Å². The fraction of sp³-hybridized carbons (Fsp3) is 0.500. The van der Waals surface area contributed by atoms with Gasteiger partial charge in [-0.05, 0) is 41.4 Å². The molecule has 1 aromatic heterocycles. The summed E-state index contributed by atoms with van der Waals surface area (Å²) in [6.45, 7) is 2.95. The Balaban J connectivity index is 1.91. The Hall–Kier alpha value is -0.920. The van der Waals surface area contributed by atoms with Crippen LogP contribution in [0.1, 0.15) is 23.0 Å². The Morgan fingerprint density at radius 2 is 2.32 bits per heavy atom. The van der Waals surface area contributed by atoms with Crippen molar-refractivity contribution in [2.75, 3.05) is 13.1 Å². The molecule has 0 aromatic carbocycles. The van der Waals surface area contributed by atoms with Crippen molar-refractivity contribution >= 4 is 39.1 Å². The fourth-order valence-electron chi connectivity index (χ4n) is 2.03. The van der Waals surface area contributed by atoms with Crippen LogP contribution in [0, 0.1) is 0 Å². The Bertz CT molecular complexity index is 491. The molecule has 1 saturated heterocycles. The molecule has 3 N–H and O–H groups in total. The molecule has 1 aliphatic heterocycles. The Morgan fingerprint density at radius 1 is 1.58 bits per heavy atom. The normalized spacial score (nSPS) is 20.4. The van der Waals surface area contributed by atoms with Gasteiger partial charge in [-0.15, -0.1) is 11.3 Å². The van der Waals surface area contributed by atoms with Gasteiger partial charge in [-0.3, -0.25) is 9.59 Å². The molecule has 104 valence electrons. The van der Waals surface area contributed by atoms with Crippen LogP contribution in [0.4, 0.5) is 0 Å². The van der Waals surface area contributed by atoms with E-state index >= 15 is 0 Å². The number of hydrogen-bond acceptors (Lipinski definition) is 4. The molecule has 1 fully saturated rings. The van der Waals surface area contributed by atoms with Gasteiger partial charge < -0.3 is 16.0 Å². The Morgan fingerprint density at radius 3 is 2.84 bits per heavy atom. The SMILES string of the molecule is CC(NC(=O)c1ccc(Br)s1)C(=O)N1CC[C@@H](N)C1. The average molecular weight is 346 g/mol. The lowest BCUT2D eigenvalue weighted by Crippen LogP contribution is -2.46. The van der Waals surface area contributed by atoms with Crippen molar-refractivity contribution in [1.82, 2.24) is 10.2 Å². The molecule has 0 bridgehead atoms. The van der Waals surface area contributed by atoms with Crippen molar-refractivity contribution in [2.24, 2.45) is 5.73 Å². The third-order valence-corrected chi connectivity index (χ3v) is 4.67. The third-order valence-electron chi connectivity index (χ3n) is 3.05. The van der Waals surface area contributed by atoms with Crippen LogP contribution in [0.5, 0.6) is 0 Å². The first-order valence-electron chi connectivity index (χ1n) is 6.08. The summed E-state index contributed by atoms with van der Waals surface area (Å²) in [6, 6.07) is 3.07. The molecule has 0 radical (unpaired) electrons. The largest absolute Gasteiger partial charge is 0.340 e. The zero-order valence-electron chi connectivity index (χ0n) is 10.6. The second kappa shape index (κ2) is 6.02. The highest BCUT2D eigenvalue weighted by Crippen LogP contribution is 2.22. The lowest BCUT2D eigenvalue weighted by atomic mass is 10.2. The molecule has 2 atom stereocenters. The number of likely N-dealkylation sites (tertiary alicyclic amines) is 1. The monoisotopic (exact) mass is 345 g/mol. The smallest absolute Gasteiger partial charge is 0.262 e. The number of nitrogens with zero attached hydrogens (tertiary/aromatic N) is 1. The summed E-state index contributed by atoms with van der Waals surface area (Å²) in [5.74, 6) is -0.294. The van der Waals surface area contributed by atoms with Gasteiger partial charge in [-0.2, -0.15) is 0 Å². The highest BCUT2D eigenvalue weighted by Gasteiger charge is 2.28. The molecular formula is C12H16BrN3O2S. The first kappa shape index (κ1) is 14.5. The number of carbonyl (C=O) groups excluding carboxylic acids is 2. The third kappa shape index (κ3) is 3.55. The van der Waals surface area contributed by atoms with Gasteiger partial charge in [-0.25, -0.2) is 0 Å². The number of nitrogens with one attached hydrogen (secondary N) is 1. The van der Waals surface area contributed by atoms with Crippen molar-refractivity contribution < 1.29 is 9.59 Å². The van der Waals surface area contributed by atoms with Crippen LogP contribution >= 0.6 is 27.3 Å². The van der Waals surface area contributed by atoms with Crippen LogP contribution in [-0.4, -0.2) is 41.9 Å². The van der Waals surface area contributed by atoms with E-state index in [0.717, 1.165) is 10.2 Å². The molecule has 0 saturated carbocycles. The Labute approximate surface area is 124 Å². The predicted molar refractivity (Wildman–Crippen MR) is 78.1 cm³/mol.